The van der Waals surface area contributed by atoms with E-state index in [1.165, 1.54) is 24.5 Å². The van der Waals surface area contributed by atoms with Crippen LogP contribution in [-0.4, -0.2) is 0 Å². The first-order valence-electron chi connectivity index (χ1n) is 6.63. The van der Waals surface area contributed by atoms with Crippen LogP contribution in [0, 0.1) is 11.7 Å². The number of aryl methyl sites for hydroxylation is 1. The molecule has 1 aliphatic rings. The Morgan fingerprint density at radius 2 is 2.24 bits per heavy atom. The lowest BCUT2D eigenvalue weighted by molar-refractivity contribution is 0.321. The van der Waals surface area contributed by atoms with Gasteiger partial charge in [0.2, 0.25) is 0 Å². The van der Waals surface area contributed by atoms with E-state index >= 15 is 0 Å². The van der Waals surface area contributed by atoms with Crippen molar-refractivity contribution in [2.24, 2.45) is 11.7 Å². The van der Waals surface area contributed by atoms with E-state index < -0.39 is 0 Å². The van der Waals surface area contributed by atoms with Crippen molar-refractivity contribution < 1.29 is 4.39 Å². The van der Waals surface area contributed by atoms with Crippen LogP contribution < -0.4 is 5.73 Å². The molecule has 2 atom stereocenters. The van der Waals surface area contributed by atoms with E-state index in [0.717, 1.165) is 24.8 Å². The van der Waals surface area contributed by atoms with Gasteiger partial charge in [0.25, 0.3) is 0 Å². The van der Waals surface area contributed by atoms with Gasteiger partial charge >= 0.3 is 0 Å². The number of halogens is 1. The lowest BCUT2D eigenvalue weighted by Gasteiger charge is -2.28. The van der Waals surface area contributed by atoms with E-state index in [1.807, 2.05) is 6.07 Å². The summed E-state index contributed by atoms with van der Waals surface area (Å²) in [5, 5.41) is 0. The molecule has 0 radical (unpaired) electrons. The molecule has 0 aliphatic heterocycles. The van der Waals surface area contributed by atoms with Gasteiger partial charge in [-0.3, -0.25) is 0 Å². The molecule has 2 rings (SSSR count). The Morgan fingerprint density at radius 1 is 1.47 bits per heavy atom. The van der Waals surface area contributed by atoms with Crippen molar-refractivity contribution in [2.45, 2.75) is 51.5 Å². The van der Waals surface area contributed by atoms with Gasteiger partial charge in [-0.1, -0.05) is 32.8 Å². The van der Waals surface area contributed by atoms with Gasteiger partial charge in [0.15, 0.2) is 0 Å². The van der Waals surface area contributed by atoms with Crippen LogP contribution in [0.4, 0.5) is 4.39 Å². The van der Waals surface area contributed by atoms with E-state index in [1.54, 1.807) is 6.07 Å². The Kier molecular flexibility index (Phi) is 3.53. The zero-order chi connectivity index (χ0) is 12.5. The summed E-state index contributed by atoms with van der Waals surface area (Å²) in [6.45, 7) is 4.47. The number of fused-ring (bicyclic) bond motifs is 1. The van der Waals surface area contributed by atoms with Gasteiger partial charge in [-0.25, -0.2) is 4.39 Å². The molecule has 1 aromatic carbocycles. The third-order valence-electron chi connectivity index (χ3n) is 3.94. The van der Waals surface area contributed by atoms with Crippen molar-refractivity contribution in [3.63, 3.8) is 0 Å². The molecular formula is C15H22FN. The summed E-state index contributed by atoms with van der Waals surface area (Å²) in [5.74, 6) is 0.496. The van der Waals surface area contributed by atoms with Crippen molar-refractivity contribution in [2.75, 3.05) is 0 Å². The molecule has 0 amide bonds. The molecule has 1 nitrogen and oxygen atoms in total. The standard InChI is InChI=1S/C15H22FN/c1-3-4-11(2)10-15(17)8-7-12-9-13(16)5-6-14(12)15/h5-6,9,11H,3-4,7-8,10,17H2,1-2H3. The Balaban J connectivity index is 2.19. The molecule has 1 aliphatic carbocycles. The maximum atomic E-state index is 13.2. The summed E-state index contributed by atoms with van der Waals surface area (Å²) in [7, 11) is 0. The second-order valence-electron chi connectivity index (χ2n) is 5.56. The average molecular weight is 235 g/mol. The summed E-state index contributed by atoms with van der Waals surface area (Å²) in [6, 6.07) is 5.07. The molecule has 0 heterocycles. The summed E-state index contributed by atoms with van der Waals surface area (Å²) >= 11 is 0. The summed E-state index contributed by atoms with van der Waals surface area (Å²) < 4.78 is 13.2. The van der Waals surface area contributed by atoms with E-state index in [-0.39, 0.29) is 11.4 Å². The Hall–Kier alpha value is -0.890. The van der Waals surface area contributed by atoms with Crippen LogP contribution in [-0.2, 0) is 12.0 Å². The van der Waals surface area contributed by atoms with Crippen LogP contribution in [0.2, 0.25) is 0 Å². The lowest BCUT2D eigenvalue weighted by atomic mass is 9.82. The number of benzene rings is 1. The van der Waals surface area contributed by atoms with Crippen LogP contribution in [0.15, 0.2) is 18.2 Å². The smallest absolute Gasteiger partial charge is 0.123 e. The highest BCUT2D eigenvalue weighted by molar-refractivity contribution is 5.38. The average Bonchev–Trinajstić information content (AvgIpc) is 2.56. The van der Waals surface area contributed by atoms with Gasteiger partial charge in [0, 0.05) is 5.54 Å². The van der Waals surface area contributed by atoms with Crippen molar-refractivity contribution >= 4 is 0 Å². The van der Waals surface area contributed by atoms with Gasteiger partial charge in [-0.15, -0.1) is 0 Å². The van der Waals surface area contributed by atoms with Crippen molar-refractivity contribution in [3.05, 3.63) is 35.1 Å². The normalized spacial score (nSPS) is 24.7. The van der Waals surface area contributed by atoms with Crippen LogP contribution in [0.5, 0.6) is 0 Å². The lowest BCUT2D eigenvalue weighted by Crippen LogP contribution is -2.36. The fourth-order valence-electron chi connectivity index (χ4n) is 3.18. The molecule has 17 heavy (non-hydrogen) atoms. The Labute approximate surface area is 103 Å². The quantitative estimate of drug-likeness (QED) is 0.845. The van der Waals surface area contributed by atoms with E-state index in [0.29, 0.717) is 5.92 Å². The van der Waals surface area contributed by atoms with E-state index in [2.05, 4.69) is 13.8 Å². The first kappa shape index (κ1) is 12.6. The third-order valence-corrected chi connectivity index (χ3v) is 3.94. The topological polar surface area (TPSA) is 26.0 Å². The minimum absolute atomic E-state index is 0.144. The SMILES string of the molecule is CCCC(C)CC1(N)CCc2cc(F)ccc21. The Morgan fingerprint density at radius 3 is 2.94 bits per heavy atom. The number of hydrogen-bond acceptors (Lipinski definition) is 1. The molecule has 2 N–H and O–H groups in total. The van der Waals surface area contributed by atoms with Gasteiger partial charge in [-0.05, 0) is 48.4 Å². The zero-order valence-electron chi connectivity index (χ0n) is 10.8. The molecular weight excluding hydrogens is 213 g/mol. The molecule has 0 fully saturated rings. The fourth-order valence-corrected chi connectivity index (χ4v) is 3.18. The zero-order valence-corrected chi connectivity index (χ0v) is 10.8. The highest BCUT2D eigenvalue weighted by Gasteiger charge is 2.35. The molecule has 0 bridgehead atoms. The number of rotatable bonds is 4. The summed E-state index contributed by atoms with van der Waals surface area (Å²) in [5.41, 5.74) is 8.58. The van der Waals surface area contributed by atoms with E-state index in [4.69, 9.17) is 5.73 Å². The molecule has 2 unspecified atom stereocenters. The van der Waals surface area contributed by atoms with E-state index in [9.17, 15) is 4.39 Å². The van der Waals surface area contributed by atoms with Crippen LogP contribution in [0.1, 0.15) is 50.7 Å². The second kappa shape index (κ2) is 4.77. The van der Waals surface area contributed by atoms with Crippen LogP contribution in [0.25, 0.3) is 0 Å². The van der Waals surface area contributed by atoms with Gasteiger partial charge in [-0.2, -0.15) is 0 Å². The van der Waals surface area contributed by atoms with Crippen molar-refractivity contribution in [1.29, 1.82) is 0 Å². The third kappa shape index (κ3) is 2.52. The Bertz CT molecular complexity index is 402. The maximum absolute atomic E-state index is 13.2. The molecule has 0 spiro atoms. The predicted molar refractivity (Wildman–Crippen MR) is 69.3 cm³/mol. The monoisotopic (exact) mass is 235 g/mol. The van der Waals surface area contributed by atoms with Crippen LogP contribution >= 0.6 is 0 Å². The molecule has 2 heteroatoms. The van der Waals surface area contributed by atoms with Crippen molar-refractivity contribution in [1.82, 2.24) is 0 Å². The van der Waals surface area contributed by atoms with Crippen molar-refractivity contribution in [3.8, 4) is 0 Å². The molecule has 1 aromatic rings. The highest BCUT2D eigenvalue weighted by atomic mass is 19.1. The first-order valence-corrected chi connectivity index (χ1v) is 6.63. The van der Waals surface area contributed by atoms with Crippen LogP contribution in [0.3, 0.4) is 0 Å². The molecule has 0 aromatic heterocycles. The van der Waals surface area contributed by atoms with Gasteiger partial charge in [0.1, 0.15) is 5.82 Å². The minimum atomic E-state index is -0.225. The minimum Gasteiger partial charge on any atom is -0.321 e. The maximum Gasteiger partial charge on any atom is 0.123 e. The summed E-state index contributed by atoms with van der Waals surface area (Å²) in [4.78, 5) is 0. The summed E-state index contributed by atoms with van der Waals surface area (Å²) in [6.07, 6.45) is 5.31. The highest BCUT2D eigenvalue weighted by Crippen LogP contribution is 2.40. The van der Waals surface area contributed by atoms with Gasteiger partial charge < -0.3 is 5.73 Å². The predicted octanol–water partition coefficient (Wildman–Crippen LogP) is 3.75. The largest absolute Gasteiger partial charge is 0.321 e. The molecule has 94 valence electrons. The second-order valence-corrected chi connectivity index (χ2v) is 5.56. The first-order chi connectivity index (χ1) is 8.05. The molecule has 0 saturated carbocycles. The van der Waals surface area contributed by atoms with Gasteiger partial charge in [0.05, 0.1) is 0 Å². The fraction of sp³-hybridized carbons (Fsp3) is 0.600. The molecule has 0 saturated heterocycles. The number of hydrogen-bond donors (Lipinski definition) is 1. The number of nitrogens with two attached hydrogens (primary N) is 1.